The van der Waals surface area contributed by atoms with Gasteiger partial charge in [0.2, 0.25) is 0 Å². The standard InChI is InChI=1S/C8H12N2O/c9-11-7-1-2-8-3-5-10-6-4-8/h3-6H,1-2,7,9H2. The van der Waals surface area contributed by atoms with Crippen molar-refractivity contribution < 1.29 is 4.84 Å². The first-order chi connectivity index (χ1) is 5.43. The topological polar surface area (TPSA) is 48.1 Å². The molecule has 11 heavy (non-hydrogen) atoms. The van der Waals surface area contributed by atoms with E-state index < -0.39 is 0 Å². The van der Waals surface area contributed by atoms with Crippen LogP contribution in [0, 0.1) is 0 Å². The van der Waals surface area contributed by atoms with Gasteiger partial charge in [-0.3, -0.25) is 4.98 Å². The molecule has 2 N–H and O–H groups in total. The summed E-state index contributed by atoms with van der Waals surface area (Å²) in [4.78, 5) is 8.37. The van der Waals surface area contributed by atoms with E-state index in [1.165, 1.54) is 5.56 Å². The Morgan fingerprint density at radius 2 is 2.09 bits per heavy atom. The van der Waals surface area contributed by atoms with Crippen molar-refractivity contribution in [3.05, 3.63) is 30.1 Å². The second-order valence-electron chi connectivity index (χ2n) is 2.33. The number of rotatable bonds is 4. The maximum atomic E-state index is 4.88. The molecule has 0 saturated carbocycles. The summed E-state index contributed by atoms with van der Waals surface area (Å²) in [6, 6.07) is 3.99. The third-order valence-corrected chi connectivity index (χ3v) is 1.48. The van der Waals surface area contributed by atoms with Crippen molar-refractivity contribution >= 4 is 0 Å². The SMILES string of the molecule is NOCCCc1ccncc1. The summed E-state index contributed by atoms with van der Waals surface area (Å²) in [6.07, 6.45) is 5.54. The van der Waals surface area contributed by atoms with Crippen LogP contribution >= 0.6 is 0 Å². The molecule has 1 heterocycles. The van der Waals surface area contributed by atoms with Gasteiger partial charge in [0.15, 0.2) is 0 Å². The molecule has 0 amide bonds. The van der Waals surface area contributed by atoms with Gasteiger partial charge in [-0.1, -0.05) is 0 Å². The molecule has 0 aromatic carbocycles. The van der Waals surface area contributed by atoms with E-state index in [0.717, 1.165) is 12.8 Å². The van der Waals surface area contributed by atoms with Crippen LogP contribution in [0.2, 0.25) is 0 Å². The number of aryl methyl sites for hydroxylation is 1. The molecule has 0 unspecified atom stereocenters. The number of hydrogen-bond donors (Lipinski definition) is 1. The van der Waals surface area contributed by atoms with Gasteiger partial charge in [-0.15, -0.1) is 0 Å². The van der Waals surface area contributed by atoms with Gasteiger partial charge in [0.05, 0.1) is 6.61 Å². The number of nitrogens with zero attached hydrogens (tertiary/aromatic N) is 1. The van der Waals surface area contributed by atoms with Gasteiger partial charge in [-0.2, -0.15) is 0 Å². The molecule has 0 aliphatic heterocycles. The summed E-state index contributed by atoms with van der Waals surface area (Å²) in [6.45, 7) is 0.613. The first-order valence-corrected chi connectivity index (χ1v) is 3.64. The average Bonchev–Trinajstić information content (AvgIpc) is 2.07. The van der Waals surface area contributed by atoms with Crippen LogP contribution in [0.1, 0.15) is 12.0 Å². The van der Waals surface area contributed by atoms with E-state index in [4.69, 9.17) is 5.90 Å². The number of pyridine rings is 1. The van der Waals surface area contributed by atoms with Crippen molar-refractivity contribution in [2.75, 3.05) is 6.61 Å². The highest BCUT2D eigenvalue weighted by Crippen LogP contribution is 1.99. The second kappa shape index (κ2) is 4.82. The average molecular weight is 152 g/mol. The molecule has 0 fully saturated rings. The largest absolute Gasteiger partial charge is 0.305 e. The van der Waals surface area contributed by atoms with Gasteiger partial charge in [-0.05, 0) is 30.5 Å². The van der Waals surface area contributed by atoms with Crippen LogP contribution in [0.5, 0.6) is 0 Å². The summed E-state index contributed by atoms with van der Waals surface area (Å²) < 4.78 is 0. The zero-order chi connectivity index (χ0) is 7.94. The Hall–Kier alpha value is -0.930. The van der Waals surface area contributed by atoms with Gasteiger partial charge in [0.1, 0.15) is 0 Å². The monoisotopic (exact) mass is 152 g/mol. The molecular weight excluding hydrogens is 140 g/mol. The molecule has 0 aliphatic rings. The molecule has 0 spiro atoms. The Kier molecular flexibility index (Phi) is 3.58. The molecule has 0 saturated heterocycles. The summed E-state index contributed by atoms with van der Waals surface area (Å²) in [5, 5.41) is 0. The van der Waals surface area contributed by atoms with Gasteiger partial charge >= 0.3 is 0 Å². The smallest absolute Gasteiger partial charge is 0.0682 e. The Balaban J connectivity index is 2.28. The molecule has 3 nitrogen and oxygen atoms in total. The van der Waals surface area contributed by atoms with E-state index in [0.29, 0.717) is 6.61 Å². The predicted octanol–water partition coefficient (Wildman–Crippen LogP) is 0.905. The fraction of sp³-hybridized carbons (Fsp3) is 0.375. The first-order valence-electron chi connectivity index (χ1n) is 3.64. The third-order valence-electron chi connectivity index (χ3n) is 1.48. The third kappa shape index (κ3) is 3.11. The minimum Gasteiger partial charge on any atom is -0.305 e. The summed E-state index contributed by atoms with van der Waals surface area (Å²) in [5.41, 5.74) is 1.28. The molecule has 3 heteroatoms. The molecule has 1 aromatic rings. The van der Waals surface area contributed by atoms with Crippen molar-refractivity contribution in [1.29, 1.82) is 0 Å². The zero-order valence-electron chi connectivity index (χ0n) is 6.36. The Morgan fingerprint density at radius 1 is 1.36 bits per heavy atom. The minimum absolute atomic E-state index is 0.613. The van der Waals surface area contributed by atoms with Gasteiger partial charge in [-0.25, -0.2) is 5.90 Å². The van der Waals surface area contributed by atoms with E-state index in [-0.39, 0.29) is 0 Å². The van der Waals surface area contributed by atoms with Crippen molar-refractivity contribution in [2.24, 2.45) is 5.90 Å². The van der Waals surface area contributed by atoms with E-state index in [2.05, 4.69) is 9.82 Å². The Bertz CT molecular complexity index is 189. The van der Waals surface area contributed by atoms with Crippen LogP contribution in [0.3, 0.4) is 0 Å². The normalized spacial score (nSPS) is 9.91. The first kappa shape index (κ1) is 8.17. The lowest BCUT2D eigenvalue weighted by Gasteiger charge is -1.98. The lowest BCUT2D eigenvalue weighted by molar-refractivity contribution is 0.135. The number of hydrogen-bond acceptors (Lipinski definition) is 3. The van der Waals surface area contributed by atoms with Crippen molar-refractivity contribution in [3.63, 3.8) is 0 Å². The quantitative estimate of drug-likeness (QED) is 0.515. The molecular formula is C8H12N2O. The fourth-order valence-electron chi connectivity index (χ4n) is 0.909. The van der Waals surface area contributed by atoms with E-state index >= 15 is 0 Å². The maximum absolute atomic E-state index is 4.88. The second-order valence-corrected chi connectivity index (χ2v) is 2.33. The van der Waals surface area contributed by atoms with Crippen LogP contribution in [0.25, 0.3) is 0 Å². The van der Waals surface area contributed by atoms with Crippen LogP contribution < -0.4 is 5.90 Å². The Labute approximate surface area is 66.2 Å². The van der Waals surface area contributed by atoms with Crippen LogP contribution in [0.4, 0.5) is 0 Å². The molecule has 0 aliphatic carbocycles. The number of nitrogens with two attached hydrogens (primary N) is 1. The molecule has 0 atom stereocenters. The maximum Gasteiger partial charge on any atom is 0.0682 e. The lowest BCUT2D eigenvalue weighted by Crippen LogP contribution is -2.01. The summed E-state index contributed by atoms with van der Waals surface area (Å²) in [5.74, 6) is 4.88. The Morgan fingerprint density at radius 3 is 2.73 bits per heavy atom. The summed E-state index contributed by atoms with van der Waals surface area (Å²) >= 11 is 0. The van der Waals surface area contributed by atoms with E-state index in [9.17, 15) is 0 Å². The zero-order valence-corrected chi connectivity index (χ0v) is 6.36. The van der Waals surface area contributed by atoms with Gasteiger partial charge in [0, 0.05) is 12.4 Å². The van der Waals surface area contributed by atoms with Crippen LogP contribution in [-0.4, -0.2) is 11.6 Å². The van der Waals surface area contributed by atoms with Gasteiger partial charge < -0.3 is 4.84 Å². The van der Waals surface area contributed by atoms with Crippen LogP contribution in [0.15, 0.2) is 24.5 Å². The molecule has 1 aromatic heterocycles. The molecule has 60 valence electrons. The van der Waals surface area contributed by atoms with E-state index in [1.807, 2.05) is 12.1 Å². The summed E-state index contributed by atoms with van der Waals surface area (Å²) in [7, 11) is 0. The lowest BCUT2D eigenvalue weighted by atomic mass is 10.1. The van der Waals surface area contributed by atoms with Crippen molar-refractivity contribution in [2.45, 2.75) is 12.8 Å². The van der Waals surface area contributed by atoms with Gasteiger partial charge in [0.25, 0.3) is 0 Å². The highest BCUT2D eigenvalue weighted by molar-refractivity contribution is 5.09. The number of aromatic nitrogens is 1. The fourth-order valence-corrected chi connectivity index (χ4v) is 0.909. The molecule has 0 bridgehead atoms. The van der Waals surface area contributed by atoms with Crippen LogP contribution in [-0.2, 0) is 11.3 Å². The molecule has 0 radical (unpaired) electrons. The minimum atomic E-state index is 0.613. The molecule has 1 rings (SSSR count). The van der Waals surface area contributed by atoms with Crippen molar-refractivity contribution in [1.82, 2.24) is 4.98 Å². The predicted molar refractivity (Wildman–Crippen MR) is 42.7 cm³/mol. The van der Waals surface area contributed by atoms with Crippen molar-refractivity contribution in [3.8, 4) is 0 Å². The van der Waals surface area contributed by atoms with E-state index in [1.54, 1.807) is 12.4 Å². The highest BCUT2D eigenvalue weighted by Gasteiger charge is 1.90. The highest BCUT2D eigenvalue weighted by atomic mass is 16.6.